The molecule has 21 heavy (non-hydrogen) atoms. The average Bonchev–Trinajstić information content (AvgIpc) is 2.46. The van der Waals surface area contributed by atoms with Gasteiger partial charge in [-0.2, -0.15) is 0 Å². The number of nitro benzene ring substituents is 1. The first-order valence-corrected chi connectivity index (χ1v) is 7.10. The fourth-order valence-corrected chi connectivity index (χ4v) is 2.82. The third-order valence-corrected chi connectivity index (χ3v) is 4.01. The second kappa shape index (κ2) is 6.11. The van der Waals surface area contributed by atoms with Crippen molar-refractivity contribution in [1.29, 1.82) is 0 Å². The Balaban J connectivity index is 2.34. The molecule has 0 atom stereocenters. The minimum atomic E-state index is -0.498. The monoisotopic (exact) mass is 292 g/mol. The van der Waals surface area contributed by atoms with Gasteiger partial charge < -0.3 is 10.1 Å². The number of anilines is 1. The Bertz CT molecular complexity index is 551. The van der Waals surface area contributed by atoms with Crippen LogP contribution in [-0.4, -0.2) is 23.5 Å². The molecule has 0 aromatic heterocycles. The number of ether oxygens (including phenoxy) is 1. The summed E-state index contributed by atoms with van der Waals surface area (Å²) < 4.78 is 4.67. The number of benzene rings is 1. The molecule has 6 heteroatoms. The molecule has 1 aliphatic rings. The molecule has 1 fully saturated rings. The maximum atomic E-state index is 11.6. The molecule has 1 aliphatic carbocycles. The van der Waals surface area contributed by atoms with E-state index in [0.29, 0.717) is 11.3 Å². The third kappa shape index (κ3) is 3.51. The van der Waals surface area contributed by atoms with Gasteiger partial charge >= 0.3 is 5.97 Å². The molecule has 0 amide bonds. The molecule has 0 bridgehead atoms. The van der Waals surface area contributed by atoms with Crippen LogP contribution in [0.5, 0.6) is 0 Å². The Morgan fingerprint density at radius 3 is 2.57 bits per heavy atom. The first-order valence-electron chi connectivity index (χ1n) is 7.10. The van der Waals surface area contributed by atoms with Crippen LogP contribution in [0.15, 0.2) is 18.2 Å². The first-order chi connectivity index (χ1) is 9.95. The lowest BCUT2D eigenvalue weighted by Crippen LogP contribution is -2.37. The Kier molecular flexibility index (Phi) is 4.45. The van der Waals surface area contributed by atoms with Gasteiger partial charge in [0.2, 0.25) is 0 Å². The molecule has 0 saturated heterocycles. The zero-order chi connectivity index (χ0) is 15.5. The van der Waals surface area contributed by atoms with Crippen LogP contribution in [0.4, 0.5) is 11.4 Å². The Labute approximate surface area is 123 Å². The molecule has 1 aromatic carbocycles. The van der Waals surface area contributed by atoms with Gasteiger partial charge in [-0.25, -0.2) is 4.79 Å². The minimum Gasteiger partial charge on any atom is -0.465 e. The first kappa shape index (κ1) is 15.3. The lowest BCUT2D eigenvalue weighted by Gasteiger charge is -2.35. The molecular formula is C15H20N2O4. The molecule has 1 N–H and O–H groups in total. The van der Waals surface area contributed by atoms with Gasteiger partial charge in [-0.1, -0.05) is 19.3 Å². The SMILES string of the molecule is COC(=O)c1ccc([N+](=O)[O-])c(NC2(C)CCCCC2)c1. The van der Waals surface area contributed by atoms with Crippen molar-refractivity contribution in [3.63, 3.8) is 0 Å². The van der Waals surface area contributed by atoms with Crippen LogP contribution in [0, 0.1) is 10.1 Å². The van der Waals surface area contributed by atoms with Crippen molar-refractivity contribution in [3.05, 3.63) is 33.9 Å². The van der Waals surface area contributed by atoms with Gasteiger partial charge in [0.15, 0.2) is 0 Å². The molecule has 1 aromatic rings. The molecule has 0 unspecified atom stereocenters. The van der Waals surface area contributed by atoms with E-state index in [1.165, 1.54) is 31.7 Å². The van der Waals surface area contributed by atoms with Gasteiger partial charge in [-0.05, 0) is 31.9 Å². The molecule has 0 aliphatic heterocycles. The van der Waals surface area contributed by atoms with E-state index in [0.717, 1.165) is 25.7 Å². The number of hydrogen-bond acceptors (Lipinski definition) is 5. The highest BCUT2D eigenvalue weighted by Crippen LogP contribution is 2.35. The van der Waals surface area contributed by atoms with Gasteiger partial charge in [0.05, 0.1) is 17.6 Å². The number of nitrogens with one attached hydrogen (secondary N) is 1. The van der Waals surface area contributed by atoms with E-state index in [1.807, 2.05) is 0 Å². The zero-order valence-electron chi connectivity index (χ0n) is 12.3. The number of carbonyl (C=O) groups is 1. The highest BCUT2D eigenvalue weighted by atomic mass is 16.6. The summed E-state index contributed by atoms with van der Waals surface area (Å²) in [4.78, 5) is 22.3. The molecule has 0 radical (unpaired) electrons. The predicted molar refractivity (Wildman–Crippen MR) is 79.5 cm³/mol. The van der Waals surface area contributed by atoms with Gasteiger partial charge in [-0.15, -0.1) is 0 Å². The molecule has 0 heterocycles. The Morgan fingerprint density at radius 1 is 1.33 bits per heavy atom. The smallest absolute Gasteiger partial charge is 0.337 e. The second-order valence-electron chi connectivity index (χ2n) is 5.73. The summed E-state index contributed by atoms with van der Waals surface area (Å²) in [6, 6.07) is 4.27. The maximum absolute atomic E-state index is 11.6. The van der Waals surface area contributed by atoms with Crippen molar-refractivity contribution in [2.24, 2.45) is 0 Å². The van der Waals surface area contributed by atoms with E-state index in [-0.39, 0.29) is 11.2 Å². The number of hydrogen-bond donors (Lipinski definition) is 1. The standard InChI is InChI=1S/C15H20N2O4/c1-15(8-4-3-5-9-15)16-12-10-11(14(18)21-2)6-7-13(12)17(19)20/h6-7,10,16H,3-5,8-9H2,1-2H3. The number of carbonyl (C=O) groups excluding carboxylic acids is 1. The highest BCUT2D eigenvalue weighted by molar-refractivity contribution is 5.91. The van der Waals surface area contributed by atoms with Crippen LogP contribution in [-0.2, 0) is 4.74 Å². The van der Waals surface area contributed by atoms with Crippen LogP contribution in [0.25, 0.3) is 0 Å². The topological polar surface area (TPSA) is 81.5 Å². The van der Waals surface area contributed by atoms with Crippen LogP contribution in [0.3, 0.4) is 0 Å². The highest BCUT2D eigenvalue weighted by Gasteiger charge is 2.29. The van der Waals surface area contributed by atoms with Crippen molar-refractivity contribution < 1.29 is 14.5 Å². The summed E-state index contributed by atoms with van der Waals surface area (Å²) in [6.07, 6.45) is 5.34. The van der Waals surface area contributed by atoms with Crippen LogP contribution >= 0.6 is 0 Å². The normalized spacial score (nSPS) is 17.0. The number of nitro groups is 1. The van der Waals surface area contributed by atoms with Gasteiger partial charge in [0.25, 0.3) is 5.69 Å². The zero-order valence-corrected chi connectivity index (χ0v) is 12.3. The lowest BCUT2D eigenvalue weighted by atomic mass is 9.83. The van der Waals surface area contributed by atoms with E-state index in [9.17, 15) is 14.9 Å². The molecule has 114 valence electrons. The predicted octanol–water partition coefficient (Wildman–Crippen LogP) is 3.52. The summed E-state index contributed by atoms with van der Waals surface area (Å²) in [5.74, 6) is -0.498. The van der Waals surface area contributed by atoms with Crippen molar-refractivity contribution in [2.75, 3.05) is 12.4 Å². The van der Waals surface area contributed by atoms with Gasteiger partial charge in [-0.3, -0.25) is 10.1 Å². The van der Waals surface area contributed by atoms with Crippen molar-refractivity contribution in [1.82, 2.24) is 0 Å². The van der Waals surface area contributed by atoms with Crippen LogP contribution < -0.4 is 5.32 Å². The summed E-state index contributed by atoms with van der Waals surface area (Å²) in [5.41, 5.74) is 0.504. The number of rotatable bonds is 4. The minimum absolute atomic E-state index is 0.0190. The molecule has 6 nitrogen and oxygen atoms in total. The van der Waals surface area contributed by atoms with Crippen molar-refractivity contribution in [3.8, 4) is 0 Å². The van der Waals surface area contributed by atoms with E-state index in [4.69, 9.17) is 0 Å². The molecule has 2 rings (SSSR count). The van der Waals surface area contributed by atoms with Crippen LogP contribution in [0.2, 0.25) is 0 Å². The average molecular weight is 292 g/mol. The van der Waals surface area contributed by atoms with Gasteiger partial charge in [0, 0.05) is 11.6 Å². The Hall–Kier alpha value is -2.11. The fourth-order valence-electron chi connectivity index (χ4n) is 2.82. The van der Waals surface area contributed by atoms with Crippen molar-refractivity contribution in [2.45, 2.75) is 44.6 Å². The van der Waals surface area contributed by atoms with E-state index in [2.05, 4.69) is 17.0 Å². The largest absolute Gasteiger partial charge is 0.465 e. The summed E-state index contributed by atoms with van der Waals surface area (Å²) in [6.45, 7) is 2.07. The second-order valence-corrected chi connectivity index (χ2v) is 5.73. The quantitative estimate of drug-likeness (QED) is 0.521. The summed E-state index contributed by atoms with van der Waals surface area (Å²) >= 11 is 0. The molecule has 1 saturated carbocycles. The number of nitrogens with zero attached hydrogens (tertiary/aromatic N) is 1. The van der Waals surface area contributed by atoms with E-state index >= 15 is 0 Å². The third-order valence-electron chi connectivity index (χ3n) is 4.01. The molecular weight excluding hydrogens is 272 g/mol. The number of methoxy groups -OCH3 is 1. The Morgan fingerprint density at radius 2 is 2.00 bits per heavy atom. The summed E-state index contributed by atoms with van der Waals surface area (Å²) in [5, 5.41) is 14.4. The maximum Gasteiger partial charge on any atom is 0.337 e. The van der Waals surface area contributed by atoms with Crippen molar-refractivity contribution >= 4 is 17.3 Å². The van der Waals surface area contributed by atoms with Crippen LogP contribution in [0.1, 0.15) is 49.4 Å². The van der Waals surface area contributed by atoms with E-state index < -0.39 is 10.9 Å². The number of esters is 1. The fraction of sp³-hybridized carbons (Fsp3) is 0.533. The summed E-state index contributed by atoms with van der Waals surface area (Å²) in [7, 11) is 1.29. The van der Waals surface area contributed by atoms with Gasteiger partial charge in [0.1, 0.15) is 5.69 Å². The lowest BCUT2D eigenvalue weighted by molar-refractivity contribution is -0.384. The van der Waals surface area contributed by atoms with E-state index in [1.54, 1.807) is 0 Å². The molecule has 0 spiro atoms.